The minimum atomic E-state index is -0.971. The lowest BCUT2D eigenvalue weighted by atomic mass is 9.32. The highest BCUT2D eigenvalue weighted by atomic mass is 16.8. The smallest absolute Gasteiger partial charge is 0.307 e. The molecular weight excluding hydrogens is 785 g/mol. The van der Waals surface area contributed by atoms with Crippen LogP contribution in [-0.4, -0.2) is 67.6 Å². The molecule has 7 fully saturated rings. The molecule has 62 heavy (non-hydrogen) atoms. The molecule has 2 heterocycles. The molecule has 0 spiro atoms. The highest BCUT2D eigenvalue weighted by Crippen LogP contribution is 2.78. The van der Waals surface area contributed by atoms with Crippen LogP contribution in [0.25, 0.3) is 0 Å². The minimum Gasteiger partial charge on any atom is -0.458 e. The molecule has 350 valence electrons. The molecule has 0 N–H and O–H groups in total. The average molecular weight is 867 g/mol. The lowest BCUT2D eigenvalue weighted by molar-refractivity contribution is -0.353. The maximum atomic E-state index is 12.5. The molecule has 0 aromatic rings. The lowest BCUT2D eigenvalue weighted by Crippen LogP contribution is -2.67. The third-order valence-corrected chi connectivity index (χ3v) is 20.0. The van der Waals surface area contributed by atoms with Crippen molar-refractivity contribution in [1.29, 1.82) is 0 Å². The van der Waals surface area contributed by atoms with Crippen LogP contribution < -0.4 is 0 Å². The van der Waals surface area contributed by atoms with Gasteiger partial charge in [0.2, 0.25) is 0 Å². The molecular formula is C52H82O10. The first-order valence-corrected chi connectivity index (χ1v) is 24.4. The summed E-state index contributed by atoms with van der Waals surface area (Å²) in [4.78, 5) is 37.1. The van der Waals surface area contributed by atoms with Gasteiger partial charge in [-0.2, -0.15) is 0 Å². The van der Waals surface area contributed by atoms with Crippen LogP contribution in [0.5, 0.6) is 0 Å². The Balaban J connectivity index is 1.14. The van der Waals surface area contributed by atoms with Gasteiger partial charge >= 0.3 is 17.9 Å². The van der Waals surface area contributed by atoms with Gasteiger partial charge in [0.25, 0.3) is 0 Å². The second-order valence-corrected chi connectivity index (χ2v) is 22.7. The highest BCUT2D eigenvalue weighted by molar-refractivity contribution is 5.68. The third kappa shape index (κ3) is 7.56. The Labute approximate surface area is 373 Å². The summed E-state index contributed by atoms with van der Waals surface area (Å²) in [5.41, 5.74) is 1.43. The molecule has 2 saturated heterocycles. The van der Waals surface area contributed by atoms with Crippen LogP contribution in [0.4, 0.5) is 0 Å². The van der Waals surface area contributed by atoms with Crippen molar-refractivity contribution in [2.45, 2.75) is 204 Å². The number of ether oxygens (including phenoxy) is 7. The van der Waals surface area contributed by atoms with Gasteiger partial charge in [0.1, 0.15) is 18.0 Å². The zero-order chi connectivity index (χ0) is 45.5. The molecule has 20 atom stereocenters. The largest absolute Gasteiger partial charge is 0.458 e. The van der Waals surface area contributed by atoms with Crippen LogP contribution in [0, 0.1) is 74.4 Å². The van der Waals surface area contributed by atoms with Crippen LogP contribution in [-0.2, 0) is 47.5 Å². The Morgan fingerprint density at radius 3 is 1.98 bits per heavy atom. The van der Waals surface area contributed by atoms with Crippen molar-refractivity contribution < 1.29 is 47.5 Å². The molecule has 7 aliphatic rings. The second kappa shape index (κ2) is 17.2. The maximum Gasteiger partial charge on any atom is 0.307 e. The van der Waals surface area contributed by atoms with Gasteiger partial charge in [-0.3, -0.25) is 14.4 Å². The molecule has 0 amide bonds. The minimum absolute atomic E-state index is 0.0414. The first-order valence-electron chi connectivity index (χ1n) is 24.4. The second-order valence-electron chi connectivity index (χ2n) is 22.7. The Hall–Kier alpha value is -2.27. The predicted octanol–water partition coefficient (Wildman–Crippen LogP) is 10.8. The van der Waals surface area contributed by atoms with E-state index in [0.29, 0.717) is 42.0 Å². The standard InChI is InChI=1S/C52H82O10/c1-16-48(12)39-20-23-51(15)40(18-17-38-42-37(28(2)3)19-24-52(42,26-25-50(38,51)14)33(8)58-34(9)53)49(39,13)22-21-41(48)61-46-44(30(5)29(4)27-56-46)62-47-45(60-36(11)55)43(59-35(10)54)31(6)32(7)57-47/h29-32,37-47H,2,8,16-27H2,1,3-7,9-15H3/t29-,30-,31-,32-,37-,38?,39-,40?,41-,42?,43+,44+,45+,46-,47-,48-,49-,50+,51+,52+/m0/s1. The van der Waals surface area contributed by atoms with E-state index >= 15 is 0 Å². The summed E-state index contributed by atoms with van der Waals surface area (Å²) in [6.45, 7) is 37.0. The van der Waals surface area contributed by atoms with Crippen molar-refractivity contribution in [3.8, 4) is 0 Å². The van der Waals surface area contributed by atoms with Crippen molar-refractivity contribution in [3.05, 3.63) is 24.5 Å². The van der Waals surface area contributed by atoms with Crippen LogP contribution >= 0.6 is 0 Å². The molecule has 3 unspecified atom stereocenters. The van der Waals surface area contributed by atoms with Crippen molar-refractivity contribution >= 4 is 17.9 Å². The van der Waals surface area contributed by atoms with Crippen LogP contribution in [0.2, 0.25) is 0 Å². The van der Waals surface area contributed by atoms with Crippen molar-refractivity contribution in [2.24, 2.45) is 74.4 Å². The Morgan fingerprint density at radius 2 is 1.35 bits per heavy atom. The number of carbonyl (C=O) groups is 3. The summed E-state index contributed by atoms with van der Waals surface area (Å²) in [6, 6.07) is 0. The van der Waals surface area contributed by atoms with Gasteiger partial charge in [0.05, 0.1) is 18.8 Å². The van der Waals surface area contributed by atoms with Gasteiger partial charge in [0.15, 0.2) is 18.7 Å². The zero-order valence-electron chi connectivity index (χ0n) is 40.6. The average Bonchev–Trinajstić information content (AvgIpc) is 3.60. The topological polar surface area (TPSA) is 116 Å². The molecule has 10 nitrogen and oxygen atoms in total. The molecule has 0 radical (unpaired) electrons. The fourth-order valence-electron chi connectivity index (χ4n) is 16.0. The molecule has 10 heteroatoms. The van der Waals surface area contributed by atoms with E-state index in [4.69, 9.17) is 33.2 Å². The van der Waals surface area contributed by atoms with Gasteiger partial charge in [0, 0.05) is 32.1 Å². The number of rotatable bonds is 10. The van der Waals surface area contributed by atoms with E-state index in [-0.39, 0.29) is 63.0 Å². The van der Waals surface area contributed by atoms with Crippen LogP contribution in [0.1, 0.15) is 161 Å². The highest BCUT2D eigenvalue weighted by Gasteiger charge is 2.72. The monoisotopic (exact) mass is 867 g/mol. The normalized spacial score (nSPS) is 49.9. The van der Waals surface area contributed by atoms with E-state index in [0.717, 1.165) is 51.4 Å². The van der Waals surface area contributed by atoms with E-state index in [1.54, 1.807) is 0 Å². The van der Waals surface area contributed by atoms with E-state index in [1.165, 1.54) is 45.6 Å². The van der Waals surface area contributed by atoms with Gasteiger partial charge in [-0.05, 0) is 148 Å². The van der Waals surface area contributed by atoms with Gasteiger partial charge in [-0.15, -0.1) is 0 Å². The molecule has 0 bridgehead atoms. The number of hydrogen-bond donors (Lipinski definition) is 0. The number of esters is 3. The Kier molecular flexibility index (Phi) is 13.2. The van der Waals surface area contributed by atoms with E-state index in [9.17, 15) is 14.4 Å². The maximum absolute atomic E-state index is 12.5. The molecule has 5 aliphatic carbocycles. The summed E-state index contributed by atoms with van der Waals surface area (Å²) < 4.78 is 44.8. The summed E-state index contributed by atoms with van der Waals surface area (Å²) in [5.74, 6) is 1.88. The fraction of sp³-hybridized carbons (Fsp3) is 0.865. The quantitative estimate of drug-likeness (QED) is 0.0691. The van der Waals surface area contributed by atoms with E-state index < -0.39 is 42.8 Å². The van der Waals surface area contributed by atoms with E-state index in [1.807, 2.05) is 13.8 Å². The van der Waals surface area contributed by atoms with Gasteiger partial charge < -0.3 is 33.2 Å². The lowest BCUT2D eigenvalue weighted by Gasteiger charge is -2.73. The summed E-state index contributed by atoms with van der Waals surface area (Å²) in [5, 5.41) is 0. The molecule has 5 saturated carbocycles. The first-order chi connectivity index (χ1) is 29.0. The van der Waals surface area contributed by atoms with Crippen molar-refractivity contribution in [2.75, 3.05) is 6.61 Å². The van der Waals surface area contributed by atoms with Crippen LogP contribution in [0.3, 0.4) is 0 Å². The Morgan fingerprint density at radius 1 is 0.677 bits per heavy atom. The predicted molar refractivity (Wildman–Crippen MR) is 237 cm³/mol. The molecule has 7 rings (SSSR count). The fourth-order valence-corrected chi connectivity index (χ4v) is 16.0. The first kappa shape index (κ1) is 47.7. The van der Waals surface area contributed by atoms with Gasteiger partial charge in [-0.25, -0.2) is 0 Å². The SMILES string of the molecule is C=C(C)[C@@H]1CC[C@]2(C(=C)OC(C)=O)CC[C@]3(C)C(CCC4[C@@]5(C)CC[C@H](O[C@@H]6OC[C@H](C)[C@H](C)[C@H]6O[C@@H]6O[C@@H](C)[C@H](C)[C@@H](OC(C)=O)[C@H]6OC(C)=O)[C@@](C)(CC)[C@@H]5CC[C@]43C)C12. The number of allylic oxidation sites excluding steroid dienone is 2. The van der Waals surface area contributed by atoms with Gasteiger partial charge in [-0.1, -0.05) is 74.1 Å². The molecule has 2 aliphatic heterocycles. The number of fused-ring (bicyclic) bond motifs is 7. The van der Waals surface area contributed by atoms with E-state index in [2.05, 4.69) is 68.5 Å². The Bertz CT molecular complexity index is 1740. The summed E-state index contributed by atoms with van der Waals surface area (Å²) in [6.07, 6.45) is 7.86. The summed E-state index contributed by atoms with van der Waals surface area (Å²) >= 11 is 0. The molecule has 0 aromatic heterocycles. The summed E-state index contributed by atoms with van der Waals surface area (Å²) in [7, 11) is 0. The number of carbonyl (C=O) groups excluding carboxylic acids is 3. The van der Waals surface area contributed by atoms with Crippen LogP contribution in [0.15, 0.2) is 24.5 Å². The van der Waals surface area contributed by atoms with Crippen molar-refractivity contribution in [1.82, 2.24) is 0 Å². The zero-order valence-corrected chi connectivity index (χ0v) is 40.6. The third-order valence-electron chi connectivity index (χ3n) is 20.0. The molecule has 0 aromatic carbocycles. The van der Waals surface area contributed by atoms with Crippen molar-refractivity contribution in [3.63, 3.8) is 0 Å². The number of hydrogen-bond acceptors (Lipinski definition) is 10.